The first-order chi connectivity index (χ1) is 17.3. The van der Waals surface area contributed by atoms with E-state index in [4.69, 9.17) is 4.74 Å². The van der Waals surface area contributed by atoms with E-state index in [1.165, 1.54) is 42.6 Å². The highest BCUT2D eigenvalue weighted by Gasteiger charge is 2.35. The Morgan fingerprint density at radius 2 is 1.92 bits per heavy atom. The van der Waals surface area contributed by atoms with Gasteiger partial charge in [0, 0.05) is 23.8 Å². The zero-order valence-electron chi connectivity index (χ0n) is 19.6. The van der Waals surface area contributed by atoms with Crippen molar-refractivity contribution in [3.05, 3.63) is 83.2 Å². The lowest BCUT2D eigenvalue weighted by Gasteiger charge is -2.24. The Kier molecular flexibility index (Phi) is 6.90. The molecule has 3 aromatic rings. The summed E-state index contributed by atoms with van der Waals surface area (Å²) in [5.74, 6) is -1.95. The second-order valence-electron chi connectivity index (χ2n) is 9.30. The zero-order valence-corrected chi connectivity index (χ0v) is 20.5. The molecule has 0 radical (unpaired) electrons. The van der Waals surface area contributed by atoms with Crippen LogP contribution in [0.4, 0.5) is 8.78 Å². The molecule has 10 heteroatoms. The highest BCUT2D eigenvalue weighted by Crippen LogP contribution is 2.31. The van der Waals surface area contributed by atoms with E-state index in [0.29, 0.717) is 12.3 Å². The van der Waals surface area contributed by atoms with Crippen LogP contribution in [0.5, 0.6) is 0 Å². The number of carbonyl (C=O) groups excluding carboxylic acids is 1. The number of aromatic nitrogens is 2. The SMILES string of the molecule is O=C(c1cccc(F)c1)N(Cc1cnc(S(=O)(=O)Cc2ccccc2F)n1CC1CCCO1)C1CC1. The molecule has 1 aliphatic heterocycles. The van der Waals surface area contributed by atoms with Crippen LogP contribution in [0.1, 0.15) is 47.3 Å². The van der Waals surface area contributed by atoms with Gasteiger partial charge in [-0.1, -0.05) is 24.3 Å². The third-order valence-electron chi connectivity index (χ3n) is 6.55. The van der Waals surface area contributed by atoms with Crippen molar-refractivity contribution in [2.45, 2.75) is 61.8 Å². The average molecular weight is 516 g/mol. The van der Waals surface area contributed by atoms with Crippen molar-refractivity contribution < 1.29 is 26.7 Å². The summed E-state index contributed by atoms with van der Waals surface area (Å²) in [5, 5.41) is -0.176. The predicted molar refractivity (Wildman–Crippen MR) is 128 cm³/mol. The molecule has 1 aromatic heterocycles. The van der Waals surface area contributed by atoms with Crippen LogP contribution >= 0.6 is 0 Å². The first kappa shape index (κ1) is 24.6. The highest BCUT2D eigenvalue weighted by molar-refractivity contribution is 7.90. The van der Waals surface area contributed by atoms with Gasteiger partial charge >= 0.3 is 0 Å². The summed E-state index contributed by atoms with van der Waals surface area (Å²) >= 11 is 0. The van der Waals surface area contributed by atoms with Crippen molar-refractivity contribution in [1.29, 1.82) is 0 Å². The molecule has 190 valence electrons. The molecule has 1 saturated carbocycles. The minimum Gasteiger partial charge on any atom is -0.376 e. The van der Waals surface area contributed by atoms with Gasteiger partial charge in [0.15, 0.2) is 0 Å². The summed E-state index contributed by atoms with van der Waals surface area (Å²) < 4.78 is 62.1. The number of hydrogen-bond acceptors (Lipinski definition) is 5. The van der Waals surface area contributed by atoms with E-state index >= 15 is 0 Å². The molecule has 1 aliphatic carbocycles. The quantitative estimate of drug-likeness (QED) is 0.428. The zero-order chi connectivity index (χ0) is 25.3. The van der Waals surface area contributed by atoms with Crippen LogP contribution in [0.25, 0.3) is 0 Å². The number of carbonyl (C=O) groups is 1. The minimum absolute atomic E-state index is 0.00896. The monoisotopic (exact) mass is 515 g/mol. The average Bonchev–Trinajstić information content (AvgIpc) is 3.40. The topological polar surface area (TPSA) is 81.5 Å². The number of rotatable bonds is 9. The Morgan fingerprint density at radius 1 is 1.11 bits per heavy atom. The molecule has 0 spiro atoms. The standard InChI is InChI=1S/C26H27F2N3O4S/c27-20-7-3-6-18(13-20)25(32)30(21-10-11-21)15-22-14-29-26(31(22)16-23-8-4-12-35-23)36(33,34)17-19-5-1-2-9-24(19)28/h1-3,5-7,9,13-14,21,23H,4,8,10-12,15-17H2. The van der Waals surface area contributed by atoms with Crippen molar-refractivity contribution in [2.75, 3.05) is 6.61 Å². The van der Waals surface area contributed by atoms with E-state index in [2.05, 4.69) is 4.98 Å². The van der Waals surface area contributed by atoms with Crippen molar-refractivity contribution in [3.8, 4) is 0 Å². The van der Waals surface area contributed by atoms with E-state index in [1.807, 2.05) is 0 Å². The van der Waals surface area contributed by atoms with Gasteiger partial charge in [-0.15, -0.1) is 0 Å². The molecule has 7 nitrogen and oxygen atoms in total. The molecule has 1 saturated heterocycles. The van der Waals surface area contributed by atoms with Crippen molar-refractivity contribution in [3.63, 3.8) is 0 Å². The van der Waals surface area contributed by atoms with Gasteiger partial charge in [-0.05, 0) is 49.9 Å². The summed E-state index contributed by atoms with van der Waals surface area (Å²) in [4.78, 5) is 19.1. The van der Waals surface area contributed by atoms with E-state index < -0.39 is 27.2 Å². The Morgan fingerprint density at radius 3 is 2.61 bits per heavy atom. The third kappa shape index (κ3) is 5.34. The second kappa shape index (κ2) is 10.1. The van der Waals surface area contributed by atoms with E-state index in [1.54, 1.807) is 21.6 Å². The molecule has 1 amide bonds. The number of ether oxygens (including phenoxy) is 1. The lowest BCUT2D eigenvalue weighted by atomic mass is 10.2. The molecule has 2 aliphatic rings. The summed E-state index contributed by atoms with van der Waals surface area (Å²) in [6.07, 6.45) is 4.56. The molecule has 2 heterocycles. The molecular formula is C26H27F2N3O4S. The van der Waals surface area contributed by atoms with Gasteiger partial charge in [-0.3, -0.25) is 4.79 Å². The van der Waals surface area contributed by atoms with Crippen LogP contribution in [-0.4, -0.2) is 47.5 Å². The maximum absolute atomic E-state index is 14.2. The van der Waals surface area contributed by atoms with Gasteiger partial charge in [0.1, 0.15) is 11.6 Å². The maximum Gasteiger partial charge on any atom is 0.254 e. The Bertz CT molecular complexity index is 1370. The summed E-state index contributed by atoms with van der Waals surface area (Å²) in [6.45, 7) is 0.973. The minimum atomic E-state index is -4.00. The number of benzene rings is 2. The molecule has 0 N–H and O–H groups in total. The fourth-order valence-electron chi connectivity index (χ4n) is 4.55. The van der Waals surface area contributed by atoms with Gasteiger partial charge in [0.25, 0.3) is 5.91 Å². The Hall–Kier alpha value is -3.11. The van der Waals surface area contributed by atoms with Crippen LogP contribution in [0.15, 0.2) is 59.9 Å². The number of amides is 1. The van der Waals surface area contributed by atoms with Gasteiger partial charge in [0.05, 0.1) is 36.8 Å². The Balaban J connectivity index is 1.48. The molecule has 2 aromatic carbocycles. The lowest BCUT2D eigenvalue weighted by molar-refractivity contribution is 0.0717. The van der Waals surface area contributed by atoms with Crippen molar-refractivity contribution in [1.82, 2.24) is 14.5 Å². The first-order valence-corrected chi connectivity index (χ1v) is 13.7. The molecule has 2 fully saturated rings. The molecule has 5 rings (SSSR count). The van der Waals surface area contributed by atoms with E-state index in [-0.39, 0.29) is 47.4 Å². The number of nitrogens with zero attached hydrogens (tertiary/aromatic N) is 3. The fraction of sp³-hybridized carbons (Fsp3) is 0.385. The number of hydrogen-bond donors (Lipinski definition) is 0. The van der Waals surface area contributed by atoms with Crippen LogP contribution in [0.3, 0.4) is 0 Å². The molecule has 1 unspecified atom stereocenters. The van der Waals surface area contributed by atoms with Crippen molar-refractivity contribution in [2.24, 2.45) is 0 Å². The largest absolute Gasteiger partial charge is 0.376 e. The molecule has 0 bridgehead atoms. The highest BCUT2D eigenvalue weighted by atomic mass is 32.2. The van der Waals surface area contributed by atoms with Gasteiger partial charge in [0.2, 0.25) is 15.0 Å². The van der Waals surface area contributed by atoms with Crippen LogP contribution < -0.4 is 0 Å². The number of halogens is 2. The van der Waals surface area contributed by atoms with E-state index in [0.717, 1.165) is 25.7 Å². The van der Waals surface area contributed by atoms with Crippen molar-refractivity contribution >= 4 is 15.7 Å². The Labute approximate surface area is 208 Å². The van der Waals surface area contributed by atoms with E-state index in [9.17, 15) is 22.0 Å². The first-order valence-electron chi connectivity index (χ1n) is 12.0. The summed E-state index contributed by atoms with van der Waals surface area (Å²) in [5.41, 5.74) is 0.834. The van der Waals surface area contributed by atoms with Crippen LogP contribution in [-0.2, 0) is 33.4 Å². The second-order valence-corrected chi connectivity index (χ2v) is 11.2. The summed E-state index contributed by atoms with van der Waals surface area (Å²) in [7, 11) is -4.00. The maximum atomic E-state index is 14.2. The fourth-order valence-corrected chi connectivity index (χ4v) is 6.07. The lowest BCUT2D eigenvalue weighted by Crippen LogP contribution is -2.34. The van der Waals surface area contributed by atoms with Crippen LogP contribution in [0, 0.1) is 11.6 Å². The number of imidazole rings is 1. The predicted octanol–water partition coefficient (Wildman–Crippen LogP) is 4.12. The van der Waals surface area contributed by atoms with Gasteiger partial charge in [-0.25, -0.2) is 22.2 Å². The third-order valence-corrected chi connectivity index (χ3v) is 8.12. The number of sulfone groups is 1. The molecule has 1 atom stereocenters. The molecule has 36 heavy (non-hydrogen) atoms. The van der Waals surface area contributed by atoms with Gasteiger partial charge in [-0.2, -0.15) is 0 Å². The van der Waals surface area contributed by atoms with Crippen LogP contribution in [0.2, 0.25) is 0 Å². The normalized spacial score (nSPS) is 17.9. The van der Waals surface area contributed by atoms with Gasteiger partial charge < -0.3 is 14.2 Å². The smallest absolute Gasteiger partial charge is 0.254 e. The molecular weight excluding hydrogens is 488 g/mol. The summed E-state index contributed by atoms with van der Waals surface area (Å²) in [6, 6.07) is 11.3.